The summed E-state index contributed by atoms with van der Waals surface area (Å²) in [6.07, 6.45) is 5.88. The predicted molar refractivity (Wildman–Crippen MR) is 96.0 cm³/mol. The van der Waals surface area contributed by atoms with Crippen LogP contribution in [0.1, 0.15) is 37.7 Å². The van der Waals surface area contributed by atoms with Crippen LogP contribution < -0.4 is 11.1 Å². The van der Waals surface area contributed by atoms with Gasteiger partial charge in [0.1, 0.15) is 0 Å². The number of morpholine rings is 1. The normalized spacial score (nSPS) is 21.4. The third-order valence-electron chi connectivity index (χ3n) is 5.23. The molecule has 0 aromatic heterocycles. The Morgan fingerprint density at radius 3 is 2.46 bits per heavy atom. The van der Waals surface area contributed by atoms with Crippen LogP contribution in [0.5, 0.6) is 0 Å². The fourth-order valence-electron chi connectivity index (χ4n) is 3.53. The predicted octanol–water partition coefficient (Wildman–Crippen LogP) is 2.16. The minimum Gasteiger partial charge on any atom is -0.379 e. The first kappa shape index (κ1) is 17.4. The molecule has 0 spiro atoms. The van der Waals surface area contributed by atoms with Crippen LogP contribution in [-0.2, 0) is 16.0 Å². The van der Waals surface area contributed by atoms with E-state index in [1.54, 1.807) is 0 Å². The summed E-state index contributed by atoms with van der Waals surface area (Å²) >= 11 is 0. The number of amides is 1. The Labute approximate surface area is 144 Å². The van der Waals surface area contributed by atoms with Crippen molar-refractivity contribution in [1.82, 2.24) is 4.90 Å². The molecule has 1 saturated carbocycles. The largest absolute Gasteiger partial charge is 0.379 e. The second-order valence-electron chi connectivity index (χ2n) is 7.07. The lowest BCUT2D eigenvalue weighted by Crippen LogP contribution is -2.52. The second-order valence-corrected chi connectivity index (χ2v) is 7.07. The maximum Gasteiger partial charge on any atom is 0.244 e. The maximum absolute atomic E-state index is 12.5. The van der Waals surface area contributed by atoms with E-state index in [9.17, 15) is 4.79 Å². The Kier molecular flexibility index (Phi) is 5.87. The quantitative estimate of drug-likeness (QED) is 0.868. The Morgan fingerprint density at radius 1 is 1.12 bits per heavy atom. The number of benzene rings is 1. The lowest BCUT2D eigenvalue weighted by Gasteiger charge is -2.31. The van der Waals surface area contributed by atoms with Gasteiger partial charge in [-0.15, -0.1) is 0 Å². The smallest absolute Gasteiger partial charge is 0.244 e. The average molecular weight is 331 g/mol. The van der Waals surface area contributed by atoms with Gasteiger partial charge in [0.05, 0.1) is 18.8 Å². The summed E-state index contributed by atoms with van der Waals surface area (Å²) in [5.41, 5.74) is 7.73. The van der Waals surface area contributed by atoms with Gasteiger partial charge in [0, 0.05) is 25.3 Å². The number of nitrogens with one attached hydrogen (secondary N) is 1. The second kappa shape index (κ2) is 8.10. The number of nitrogens with two attached hydrogens (primary N) is 1. The molecule has 1 aliphatic heterocycles. The zero-order chi connectivity index (χ0) is 16.8. The van der Waals surface area contributed by atoms with Crippen LogP contribution in [0.2, 0.25) is 0 Å². The molecular formula is C19H29N3O2. The van der Waals surface area contributed by atoms with Crippen LogP contribution in [0.15, 0.2) is 24.3 Å². The van der Waals surface area contributed by atoms with Crippen LogP contribution >= 0.6 is 0 Å². The number of carbonyl (C=O) groups is 1. The van der Waals surface area contributed by atoms with E-state index in [0.29, 0.717) is 0 Å². The fourth-order valence-corrected chi connectivity index (χ4v) is 3.53. The molecule has 1 aliphatic carbocycles. The Morgan fingerprint density at radius 2 is 1.79 bits per heavy atom. The van der Waals surface area contributed by atoms with Crippen LogP contribution in [0, 0.1) is 0 Å². The van der Waals surface area contributed by atoms with E-state index in [1.807, 2.05) is 12.1 Å². The number of nitrogens with zero attached hydrogens (tertiary/aromatic N) is 1. The number of carbonyl (C=O) groups excluding carboxylic acids is 1. The number of hydrogen-bond acceptors (Lipinski definition) is 4. The van der Waals surface area contributed by atoms with Crippen LogP contribution in [0.4, 0.5) is 5.69 Å². The van der Waals surface area contributed by atoms with E-state index in [1.165, 1.54) is 12.0 Å². The molecule has 0 atom stereocenters. The first-order valence-corrected chi connectivity index (χ1v) is 9.15. The molecule has 5 nitrogen and oxygen atoms in total. The lowest BCUT2D eigenvalue weighted by atomic mass is 9.82. The molecule has 1 amide bonds. The molecule has 0 radical (unpaired) electrons. The highest BCUT2D eigenvalue weighted by atomic mass is 16.5. The van der Waals surface area contributed by atoms with Crippen molar-refractivity contribution in [3.05, 3.63) is 29.8 Å². The zero-order valence-corrected chi connectivity index (χ0v) is 14.4. The molecule has 0 bridgehead atoms. The SMILES string of the molecule is NC1(C(=O)Nc2ccc(CCN3CCOCC3)cc2)CCCCC1. The van der Waals surface area contributed by atoms with Crippen molar-refractivity contribution in [3.8, 4) is 0 Å². The molecule has 3 rings (SSSR count). The monoisotopic (exact) mass is 331 g/mol. The van der Waals surface area contributed by atoms with Gasteiger partial charge in [-0.2, -0.15) is 0 Å². The molecular weight excluding hydrogens is 302 g/mol. The highest BCUT2D eigenvalue weighted by Crippen LogP contribution is 2.27. The first-order valence-electron chi connectivity index (χ1n) is 9.15. The summed E-state index contributed by atoms with van der Waals surface area (Å²) in [5.74, 6) is -0.0386. The van der Waals surface area contributed by atoms with Gasteiger partial charge in [0.15, 0.2) is 0 Å². The van der Waals surface area contributed by atoms with E-state index < -0.39 is 5.54 Å². The molecule has 2 fully saturated rings. The number of ether oxygens (including phenoxy) is 1. The van der Waals surface area contributed by atoms with Crippen molar-refractivity contribution in [2.45, 2.75) is 44.1 Å². The van der Waals surface area contributed by atoms with Crippen molar-refractivity contribution in [3.63, 3.8) is 0 Å². The summed E-state index contributed by atoms with van der Waals surface area (Å²) in [4.78, 5) is 14.9. The van der Waals surface area contributed by atoms with Gasteiger partial charge in [0.25, 0.3) is 0 Å². The Hall–Kier alpha value is -1.43. The molecule has 0 unspecified atom stereocenters. The van der Waals surface area contributed by atoms with Gasteiger partial charge in [-0.3, -0.25) is 9.69 Å². The molecule has 3 N–H and O–H groups in total. The molecule has 2 aliphatic rings. The van der Waals surface area contributed by atoms with E-state index in [4.69, 9.17) is 10.5 Å². The van der Waals surface area contributed by atoms with Crippen LogP contribution in [-0.4, -0.2) is 49.2 Å². The van der Waals surface area contributed by atoms with E-state index in [-0.39, 0.29) is 5.91 Å². The minimum absolute atomic E-state index is 0.0386. The van der Waals surface area contributed by atoms with E-state index >= 15 is 0 Å². The molecule has 5 heteroatoms. The highest BCUT2D eigenvalue weighted by Gasteiger charge is 2.35. The van der Waals surface area contributed by atoms with Gasteiger partial charge >= 0.3 is 0 Å². The molecule has 1 aromatic rings. The summed E-state index contributed by atoms with van der Waals surface area (Å²) in [5, 5.41) is 2.99. The third kappa shape index (κ3) is 4.56. The standard InChI is InChI=1S/C19H29N3O2/c20-19(9-2-1-3-10-19)18(23)21-17-6-4-16(5-7-17)8-11-22-12-14-24-15-13-22/h4-7H,1-3,8-15,20H2,(H,21,23). The minimum atomic E-state index is -0.687. The van der Waals surface area contributed by atoms with Crippen molar-refractivity contribution < 1.29 is 9.53 Å². The van der Waals surface area contributed by atoms with Crippen molar-refractivity contribution >= 4 is 11.6 Å². The molecule has 1 heterocycles. The summed E-state index contributed by atoms with van der Waals surface area (Å²) in [6.45, 7) is 4.78. The first-order chi connectivity index (χ1) is 11.7. The highest BCUT2D eigenvalue weighted by molar-refractivity contribution is 5.98. The van der Waals surface area contributed by atoms with Crippen LogP contribution in [0.25, 0.3) is 0 Å². The van der Waals surface area contributed by atoms with Crippen molar-refractivity contribution in [1.29, 1.82) is 0 Å². The van der Waals surface area contributed by atoms with Crippen molar-refractivity contribution in [2.24, 2.45) is 5.73 Å². The Bertz CT molecular complexity index is 532. The number of anilines is 1. The molecule has 1 saturated heterocycles. The zero-order valence-electron chi connectivity index (χ0n) is 14.4. The number of rotatable bonds is 5. The molecule has 1 aromatic carbocycles. The number of hydrogen-bond donors (Lipinski definition) is 2. The maximum atomic E-state index is 12.5. The van der Waals surface area contributed by atoms with Gasteiger partial charge < -0.3 is 15.8 Å². The van der Waals surface area contributed by atoms with Crippen molar-refractivity contribution in [2.75, 3.05) is 38.2 Å². The molecule has 132 valence electrons. The third-order valence-corrected chi connectivity index (χ3v) is 5.23. The fraction of sp³-hybridized carbons (Fsp3) is 0.632. The van der Waals surface area contributed by atoms with Crippen LogP contribution in [0.3, 0.4) is 0 Å². The van der Waals surface area contributed by atoms with E-state index in [0.717, 1.165) is 70.6 Å². The summed E-state index contributed by atoms with van der Waals surface area (Å²) in [6, 6.07) is 8.16. The average Bonchev–Trinajstić information content (AvgIpc) is 2.62. The van der Waals surface area contributed by atoms with Gasteiger partial charge in [-0.05, 0) is 37.0 Å². The summed E-state index contributed by atoms with van der Waals surface area (Å²) in [7, 11) is 0. The topological polar surface area (TPSA) is 67.6 Å². The Balaban J connectivity index is 1.49. The van der Waals surface area contributed by atoms with Gasteiger partial charge in [-0.1, -0.05) is 31.4 Å². The lowest BCUT2D eigenvalue weighted by molar-refractivity contribution is -0.122. The van der Waals surface area contributed by atoms with Gasteiger partial charge in [-0.25, -0.2) is 0 Å². The van der Waals surface area contributed by atoms with E-state index in [2.05, 4.69) is 22.3 Å². The van der Waals surface area contributed by atoms with Gasteiger partial charge in [0.2, 0.25) is 5.91 Å². The summed E-state index contributed by atoms with van der Waals surface area (Å²) < 4.78 is 5.37. The molecule has 24 heavy (non-hydrogen) atoms.